The zero-order valence-corrected chi connectivity index (χ0v) is 36.5. The molecule has 258 valence electrons. The molecule has 0 nitrogen and oxygen atoms in total. The molecule has 0 amide bonds. The van der Waals surface area contributed by atoms with Crippen LogP contribution in [0.3, 0.4) is 0 Å². The molecule has 50 heavy (non-hydrogen) atoms. The fraction of sp³-hybridized carbons (Fsp3) is 0.304. The van der Waals surface area contributed by atoms with Gasteiger partial charge in [-0.3, -0.25) is 6.08 Å². The molecule has 0 bridgehead atoms. The van der Waals surface area contributed by atoms with Gasteiger partial charge < -0.3 is 24.8 Å². The third kappa shape index (κ3) is 7.66. The van der Waals surface area contributed by atoms with E-state index >= 15 is 0 Å². The van der Waals surface area contributed by atoms with Crippen LogP contribution in [0.5, 0.6) is 0 Å². The van der Waals surface area contributed by atoms with E-state index in [1.807, 2.05) is 0 Å². The van der Waals surface area contributed by atoms with Crippen molar-refractivity contribution < 1.29 is 49.0 Å². The van der Waals surface area contributed by atoms with Crippen molar-refractivity contribution in [3.05, 3.63) is 136 Å². The zero-order valence-electron chi connectivity index (χ0n) is 31.6. The van der Waals surface area contributed by atoms with Crippen LogP contribution in [-0.4, -0.2) is 11.8 Å². The van der Waals surface area contributed by atoms with Gasteiger partial charge in [0, 0.05) is 10.8 Å². The summed E-state index contributed by atoms with van der Waals surface area (Å²) in [4.78, 5) is 0. The van der Waals surface area contributed by atoms with E-state index < -0.39 is 8.07 Å². The molecule has 0 radical (unpaired) electrons. The van der Waals surface area contributed by atoms with Crippen molar-refractivity contribution >= 4 is 55.2 Å². The summed E-state index contributed by atoms with van der Waals surface area (Å²) < 4.78 is 2.23. The van der Waals surface area contributed by atoms with Crippen LogP contribution in [0.1, 0.15) is 83.2 Å². The summed E-state index contributed by atoms with van der Waals surface area (Å²) in [5.41, 5.74) is 11.7. The molecule has 5 aromatic carbocycles. The van der Waals surface area contributed by atoms with Gasteiger partial charge in [-0.15, -0.1) is 39.7 Å². The standard InChI is InChI=1S/C25H25.C11H8.C10H17Si.2ClH.Zr/c1-14-12-24(3,4)22-8-16-7-17-9-23-19(15(2)13-25(23,5)6)11-21(17)20(16)10-18(14)22;1-9-5-4-7-10-6-2-3-8-11(9)10;1-8-6-9(2)10(7-8)11(3,4)5;;;/h7-13H,1-6H3;1-8H;7-8H,1-5H3;2*1H;/q-1;;-1;;;+2/p-2. The van der Waals surface area contributed by atoms with Gasteiger partial charge in [-0.25, -0.2) is 10.8 Å². The molecular weight excluding hydrogens is 743 g/mol. The molecule has 0 saturated carbocycles. The molecule has 0 aromatic heterocycles. The van der Waals surface area contributed by atoms with E-state index in [0.29, 0.717) is 5.92 Å². The fourth-order valence-electron chi connectivity index (χ4n) is 8.24. The Labute approximate surface area is 329 Å². The number of fused-ring (bicyclic) bond motifs is 6. The van der Waals surface area contributed by atoms with E-state index in [-0.39, 0.29) is 35.6 Å². The van der Waals surface area contributed by atoms with E-state index in [1.54, 1.807) is 5.20 Å². The fourth-order valence-corrected chi connectivity index (χ4v) is 10.8. The van der Waals surface area contributed by atoms with E-state index in [1.165, 1.54) is 101 Å². The Morgan fingerprint density at radius 1 is 0.720 bits per heavy atom. The van der Waals surface area contributed by atoms with Crippen molar-refractivity contribution in [2.45, 2.75) is 85.9 Å². The van der Waals surface area contributed by atoms with Crippen molar-refractivity contribution in [3.63, 3.8) is 0 Å². The van der Waals surface area contributed by atoms with Crippen LogP contribution >= 0.6 is 0 Å². The summed E-state index contributed by atoms with van der Waals surface area (Å²) in [6.07, 6.45) is 10.6. The SMILES string of the molecule is CC1=CC(C)(C)c2cc3[cH-]c4cc5c(cc4c3cc21)C(C)=CC5(C)C.CC1=[C-]C(C)C=C1[Si](C)(C)C.[Cl-].[Cl-].[Zr+2]=[CH]c1cccc2ccccc12. The van der Waals surface area contributed by atoms with Crippen LogP contribution in [0.2, 0.25) is 19.6 Å². The molecule has 0 aliphatic heterocycles. The first-order valence-electron chi connectivity index (χ1n) is 17.4. The van der Waals surface area contributed by atoms with Crippen LogP contribution < -0.4 is 24.8 Å². The average molecular weight is 793 g/mol. The number of rotatable bonds is 2. The summed E-state index contributed by atoms with van der Waals surface area (Å²) in [5, 5.41) is 9.86. The van der Waals surface area contributed by atoms with Gasteiger partial charge in [-0.05, 0) is 44.2 Å². The number of halogens is 2. The molecule has 4 heteroatoms. The van der Waals surface area contributed by atoms with Gasteiger partial charge in [0.1, 0.15) is 0 Å². The summed E-state index contributed by atoms with van der Waals surface area (Å²) >= 11 is 1.46. The first-order valence-corrected chi connectivity index (χ1v) is 22.3. The van der Waals surface area contributed by atoms with Gasteiger partial charge in [0.15, 0.2) is 0 Å². The Kier molecular flexibility index (Phi) is 12.0. The van der Waals surface area contributed by atoms with Gasteiger partial charge >= 0.3 is 86.7 Å². The first-order chi connectivity index (χ1) is 22.5. The molecular formula is C46H50Cl2SiZr-2. The normalized spacial score (nSPS) is 17.9. The van der Waals surface area contributed by atoms with E-state index in [4.69, 9.17) is 0 Å². The van der Waals surface area contributed by atoms with Crippen molar-refractivity contribution in [2.75, 3.05) is 0 Å². The minimum absolute atomic E-state index is 0. The topological polar surface area (TPSA) is 0 Å². The molecule has 1 unspecified atom stereocenters. The first kappa shape index (κ1) is 40.3. The molecule has 0 heterocycles. The number of hydrogen-bond acceptors (Lipinski definition) is 0. The van der Waals surface area contributed by atoms with Crippen LogP contribution in [0.25, 0.3) is 43.5 Å². The van der Waals surface area contributed by atoms with Gasteiger partial charge in [0.05, 0.1) is 0 Å². The summed E-state index contributed by atoms with van der Waals surface area (Å²) in [7, 11) is -1.07. The Hall–Kier alpha value is -2.48. The van der Waals surface area contributed by atoms with Gasteiger partial charge in [-0.2, -0.15) is 6.08 Å². The zero-order chi connectivity index (χ0) is 34.8. The van der Waals surface area contributed by atoms with E-state index in [2.05, 4.69) is 176 Å². The molecule has 0 fully saturated rings. The molecule has 0 N–H and O–H groups in total. The third-order valence-electron chi connectivity index (χ3n) is 10.4. The Morgan fingerprint density at radius 3 is 1.66 bits per heavy atom. The van der Waals surface area contributed by atoms with Crippen LogP contribution in [-0.2, 0) is 35.1 Å². The minimum atomic E-state index is -1.07. The average Bonchev–Trinajstić information content (AvgIpc) is 3.69. The van der Waals surface area contributed by atoms with Crippen LogP contribution in [0.4, 0.5) is 0 Å². The van der Waals surface area contributed by atoms with Crippen molar-refractivity contribution in [1.29, 1.82) is 0 Å². The predicted octanol–water partition coefficient (Wildman–Crippen LogP) is 6.84. The molecule has 0 saturated heterocycles. The van der Waals surface area contributed by atoms with E-state index in [9.17, 15) is 0 Å². The Bertz CT molecular complexity index is 2130. The van der Waals surface area contributed by atoms with E-state index in [0.717, 1.165) is 0 Å². The van der Waals surface area contributed by atoms with Crippen molar-refractivity contribution in [3.8, 4) is 0 Å². The third-order valence-corrected chi connectivity index (χ3v) is 13.3. The number of hydrogen-bond donors (Lipinski definition) is 0. The monoisotopic (exact) mass is 790 g/mol. The Balaban J connectivity index is 0.000000189. The summed E-state index contributed by atoms with van der Waals surface area (Å²) in [6.45, 7) is 25.3. The van der Waals surface area contributed by atoms with Gasteiger partial charge in [0.25, 0.3) is 0 Å². The molecule has 1 atom stereocenters. The van der Waals surface area contributed by atoms with Crippen LogP contribution in [0, 0.1) is 12.0 Å². The number of allylic oxidation sites excluding steroid dienone is 8. The molecule has 0 spiro atoms. The predicted molar refractivity (Wildman–Crippen MR) is 213 cm³/mol. The van der Waals surface area contributed by atoms with Crippen LogP contribution in [0.15, 0.2) is 102 Å². The second-order valence-electron chi connectivity index (χ2n) is 16.3. The maximum atomic E-state index is 3.43. The van der Waals surface area contributed by atoms with Gasteiger partial charge in [-0.1, -0.05) is 103 Å². The van der Waals surface area contributed by atoms with Crippen molar-refractivity contribution in [1.82, 2.24) is 0 Å². The van der Waals surface area contributed by atoms with Crippen molar-refractivity contribution in [2.24, 2.45) is 5.92 Å². The summed E-state index contributed by atoms with van der Waals surface area (Å²) in [5.74, 6) is 0.553. The maximum absolute atomic E-state index is 3.43. The second-order valence-corrected chi connectivity index (χ2v) is 22.1. The molecule has 8 rings (SSSR count). The Morgan fingerprint density at radius 2 is 1.22 bits per heavy atom. The molecule has 5 aromatic rings. The second kappa shape index (κ2) is 14.9. The quantitative estimate of drug-likeness (QED) is 0.136. The summed E-state index contributed by atoms with van der Waals surface area (Å²) in [6, 6.07) is 27.0. The number of benzene rings is 4. The van der Waals surface area contributed by atoms with Gasteiger partial charge in [0.2, 0.25) is 0 Å². The molecule has 3 aliphatic rings. The molecule has 3 aliphatic carbocycles.